The van der Waals surface area contributed by atoms with Gasteiger partial charge in [0.25, 0.3) is 5.91 Å². The van der Waals surface area contributed by atoms with E-state index in [-0.39, 0.29) is 22.9 Å². The van der Waals surface area contributed by atoms with Gasteiger partial charge in [0.2, 0.25) is 11.8 Å². The Balaban J connectivity index is 1.28. The number of carboxylic acids is 1. The summed E-state index contributed by atoms with van der Waals surface area (Å²) in [5.41, 5.74) is 4.86. The lowest BCUT2D eigenvalue weighted by Crippen LogP contribution is -2.56. The number of nitrogens with one attached hydrogen (secondary N) is 1. The molecule has 1 saturated heterocycles. The summed E-state index contributed by atoms with van der Waals surface area (Å²) in [6.07, 6.45) is 0. The van der Waals surface area contributed by atoms with Crippen LogP contribution < -0.4 is 10.2 Å². The van der Waals surface area contributed by atoms with E-state index in [4.69, 9.17) is 5.11 Å². The third kappa shape index (κ3) is 3.42. The molecule has 2 bridgehead atoms. The Labute approximate surface area is 251 Å². The molecule has 2 atom stereocenters. The largest absolute Gasteiger partial charge is 0.478 e. The van der Waals surface area contributed by atoms with Crippen LogP contribution in [0.4, 0.5) is 11.4 Å². The predicted octanol–water partition coefficient (Wildman–Crippen LogP) is 6.05. The van der Waals surface area contributed by atoms with Crippen LogP contribution in [0.5, 0.6) is 0 Å². The Morgan fingerprint density at radius 1 is 0.683 bits per heavy atom. The Hall–Kier alpha value is -4.08. The van der Waals surface area contributed by atoms with Gasteiger partial charge in [-0.05, 0) is 64.7 Å². The smallest absolute Gasteiger partial charge is 0.335 e. The van der Waals surface area contributed by atoms with Crippen molar-refractivity contribution in [2.24, 2.45) is 11.8 Å². The second-order valence-corrected chi connectivity index (χ2v) is 12.9. The molecule has 0 spiro atoms. The van der Waals surface area contributed by atoms with Gasteiger partial charge >= 0.3 is 5.97 Å². The molecule has 0 radical (unpaired) electrons. The maximum atomic E-state index is 14.3. The molecule has 3 amide bonds. The first-order valence-corrected chi connectivity index (χ1v) is 14.5. The number of halogens is 2. The first kappa shape index (κ1) is 25.9. The normalized spacial score (nSPS) is 25.4. The van der Waals surface area contributed by atoms with Crippen LogP contribution >= 0.6 is 31.9 Å². The lowest BCUT2D eigenvalue weighted by atomic mass is 9.54. The maximum absolute atomic E-state index is 14.3. The first-order chi connectivity index (χ1) is 19.7. The summed E-state index contributed by atoms with van der Waals surface area (Å²) in [6.45, 7) is 0. The van der Waals surface area contributed by atoms with Crippen LogP contribution in [0.25, 0.3) is 0 Å². The fourth-order valence-electron chi connectivity index (χ4n) is 6.61. The zero-order valence-electron chi connectivity index (χ0n) is 21.2. The van der Waals surface area contributed by atoms with Crippen LogP contribution in [0.2, 0.25) is 0 Å². The van der Waals surface area contributed by atoms with Gasteiger partial charge in [0.1, 0.15) is 0 Å². The number of benzene rings is 4. The van der Waals surface area contributed by atoms with Gasteiger partial charge in [0.15, 0.2) is 0 Å². The second-order valence-electron chi connectivity index (χ2n) is 10.4. The van der Waals surface area contributed by atoms with Crippen LogP contribution in [-0.2, 0) is 18.2 Å². The van der Waals surface area contributed by atoms with Crippen molar-refractivity contribution in [1.29, 1.82) is 0 Å². The van der Waals surface area contributed by atoms with Gasteiger partial charge < -0.3 is 10.4 Å². The number of carbonyl (C=O) groups excluding carboxylic acids is 3. The molecule has 0 saturated carbocycles. The van der Waals surface area contributed by atoms with Crippen molar-refractivity contribution in [2.45, 2.75) is 8.65 Å². The third-order valence-electron chi connectivity index (χ3n) is 8.34. The minimum absolute atomic E-state index is 0.102. The molecule has 4 aliphatic rings. The van der Waals surface area contributed by atoms with E-state index in [1.807, 2.05) is 48.5 Å². The Kier molecular flexibility index (Phi) is 5.65. The van der Waals surface area contributed by atoms with E-state index in [1.165, 1.54) is 35.2 Å². The molecule has 41 heavy (non-hydrogen) atoms. The Morgan fingerprint density at radius 3 is 1.63 bits per heavy atom. The third-order valence-corrected chi connectivity index (χ3v) is 11.0. The highest BCUT2D eigenvalue weighted by Gasteiger charge is 2.72. The summed E-state index contributed by atoms with van der Waals surface area (Å²) in [7, 11) is 0. The average Bonchev–Trinajstić information content (AvgIpc) is 3.27. The van der Waals surface area contributed by atoms with Gasteiger partial charge in [0, 0.05) is 11.3 Å². The molecule has 7 nitrogen and oxygen atoms in total. The van der Waals surface area contributed by atoms with E-state index in [0.29, 0.717) is 11.4 Å². The number of anilines is 2. The molecule has 4 aromatic rings. The molecule has 9 heteroatoms. The van der Waals surface area contributed by atoms with E-state index in [1.54, 1.807) is 18.2 Å². The molecule has 3 aliphatic carbocycles. The summed E-state index contributed by atoms with van der Waals surface area (Å²) in [5.74, 6) is -3.64. The molecule has 2 N–H and O–H groups in total. The van der Waals surface area contributed by atoms with Gasteiger partial charge in [0.05, 0.1) is 31.7 Å². The number of hydrogen-bond donors (Lipinski definition) is 2. The van der Waals surface area contributed by atoms with E-state index in [9.17, 15) is 19.2 Å². The summed E-state index contributed by atoms with van der Waals surface area (Å²) in [5, 5.41) is 11.8. The van der Waals surface area contributed by atoms with Crippen molar-refractivity contribution in [2.75, 3.05) is 10.2 Å². The minimum Gasteiger partial charge on any atom is -0.478 e. The van der Waals surface area contributed by atoms with Crippen molar-refractivity contribution in [3.8, 4) is 0 Å². The van der Waals surface area contributed by atoms with E-state index in [2.05, 4.69) is 37.2 Å². The van der Waals surface area contributed by atoms with E-state index in [0.717, 1.165) is 22.3 Å². The number of nitrogens with zero attached hydrogens (tertiary/aromatic N) is 1. The fraction of sp³-hybridized carbons (Fsp3) is 0.125. The fourth-order valence-corrected chi connectivity index (χ4v) is 8.91. The number of aromatic carboxylic acids is 1. The summed E-state index contributed by atoms with van der Waals surface area (Å²) < 4.78 is -1.81. The van der Waals surface area contributed by atoms with Crippen LogP contribution in [0, 0.1) is 11.8 Å². The maximum Gasteiger partial charge on any atom is 0.335 e. The second kappa shape index (κ2) is 8.96. The van der Waals surface area contributed by atoms with Crippen molar-refractivity contribution in [3.63, 3.8) is 0 Å². The SMILES string of the molecule is O=C(O)c1ccc(NC(=O)c2cccc(N3C(=O)[C@H]4[C@H](C3=O)C3(Br)c5ccccc5C4(Br)c4ccccc43)c2)cc1. The number of hydrogen-bond acceptors (Lipinski definition) is 4. The Morgan fingerprint density at radius 2 is 1.17 bits per heavy atom. The number of alkyl halides is 2. The van der Waals surface area contributed by atoms with Gasteiger partial charge in [-0.1, -0.05) is 86.5 Å². The van der Waals surface area contributed by atoms with Crippen molar-refractivity contribution in [3.05, 3.63) is 130 Å². The summed E-state index contributed by atoms with van der Waals surface area (Å²) in [4.78, 5) is 54.0. The molecule has 0 aromatic heterocycles. The molecule has 1 fully saturated rings. The van der Waals surface area contributed by atoms with Crippen LogP contribution in [-0.4, -0.2) is 28.8 Å². The molecular weight excluding hydrogens is 652 g/mol. The van der Waals surface area contributed by atoms with E-state index < -0.39 is 32.4 Å². The van der Waals surface area contributed by atoms with Gasteiger partial charge in [-0.2, -0.15) is 0 Å². The number of imide groups is 1. The van der Waals surface area contributed by atoms with Crippen LogP contribution in [0.15, 0.2) is 97.1 Å². The highest BCUT2D eigenvalue weighted by atomic mass is 79.9. The topological polar surface area (TPSA) is 104 Å². The van der Waals surface area contributed by atoms with Gasteiger partial charge in [-0.3, -0.25) is 14.4 Å². The predicted molar refractivity (Wildman–Crippen MR) is 160 cm³/mol. The molecular formula is C32H20Br2N2O5. The Bertz CT molecular complexity index is 1700. The average molecular weight is 672 g/mol. The monoisotopic (exact) mass is 670 g/mol. The van der Waals surface area contributed by atoms with Crippen molar-refractivity contribution in [1.82, 2.24) is 0 Å². The zero-order chi connectivity index (χ0) is 28.7. The molecule has 202 valence electrons. The summed E-state index contributed by atoms with van der Waals surface area (Å²) in [6, 6.07) is 27.9. The lowest BCUT2D eigenvalue weighted by Gasteiger charge is -2.55. The molecule has 8 rings (SSSR count). The number of rotatable bonds is 4. The quantitative estimate of drug-likeness (QED) is 0.203. The lowest BCUT2D eigenvalue weighted by molar-refractivity contribution is -0.122. The highest BCUT2D eigenvalue weighted by molar-refractivity contribution is 9.10. The molecule has 4 aromatic carbocycles. The van der Waals surface area contributed by atoms with Crippen molar-refractivity contribution >= 4 is 66.9 Å². The minimum atomic E-state index is -1.06. The van der Waals surface area contributed by atoms with Gasteiger partial charge in [-0.15, -0.1) is 0 Å². The van der Waals surface area contributed by atoms with Gasteiger partial charge in [-0.25, -0.2) is 9.69 Å². The van der Waals surface area contributed by atoms with E-state index >= 15 is 0 Å². The van der Waals surface area contributed by atoms with Crippen LogP contribution in [0.1, 0.15) is 43.0 Å². The number of amides is 3. The standard InChI is InChI=1S/C32H20Br2N2O5/c33-31-21-8-1-2-9-22(21)32(34,24-11-4-3-10-23(24)31)26-25(31)28(38)36(29(26)39)20-7-5-6-18(16-20)27(37)35-19-14-12-17(13-15-19)30(40)41/h1-16,25-26H,(H,35,37)(H,40,41)/t25-,26-,31?,32?/m1/s1. The van der Waals surface area contributed by atoms with Crippen molar-refractivity contribution < 1.29 is 24.3 Å². The van der Waals surface area contributed by atoms with Crippen LogP contribution in [0.3, 0.4) is 0 Å². The molecule has 1 heterocycles. The molecule has 0 unspecified atom stereocenters. The zero-order valence-corrected chi connectivity index (χ0v) is 24.3. The molecule has 1 aliphatic heterocycles. The number of carbonyl (C=O) groups is 4. The number of carboxylic acid groups (broad SMARTS) is 1. The summed E-state index contributed by atoms with van der Waals surface area (Å²) >= 11 is 7.99. The highest BCUT2D eigenvalue weighted by Crippen LogP contribution is 2.70. The first-order valence-electron chi connectivity index (χ1n) is 12.9.